The van der Waals surface area contributed by atoms with Gasteiger partial charge in [-0.2, -0.15) is 0 Å². The summed E-state index contributed by atoms with van der Waals surface area (Å²) in [6.45, 7) is 2.95. The Morgan fingerprint density at radius 2 is 1.89 bits per heavy atom. The SMILES string of the molecule is COCCCN1C(=O)c2oc3ccc(C)cc3c(=O)c2C1c1ccc(Br)cc1. The first-order valence-corrected chi connectivity index (χ1v) is 9.93. The zero-order chi connectivity index (χ0) is 19.8. The molecule has 0 N–H and O–H groups in total. The molecule has 5 nitrogen and oxygen atoms in total. The highest BCUT2D eigenvalue weighted by Crippen LogP contribution is 2.38. The van der Waals surface area contributed by atoms with Gasteiger partial charge in [-0.05, 0) is 43.2 Å². The number of aryl methyl sites for hydroxylation is 1. The van der Waals surface area contributed by atoms with Gasteiger partial charge in [-0.25, -0.2) is 0 Å². The number of benzene rings is 2. The second-order valence-corrected chi connectivity index (χ2v) is 7.89. The normalized spacial score (nSPS) is 16.0. The monoisotopic (exact) mass is 441 g/mol. The first kappa shape index (κ1) is 18.9. The van der Waals surface area contributed by atoms with Gasteiger partial charge in [-0.3, -0.25) is 9.59 Å². The van der Waals surface area contributed by atoms with Crippen LogP contribution in [0.5, 0.6) is 0 Å². The van der Waals surface area contributed by atoms with Crippen molar-refractivity contribution in [3.05, 3.63) is 79.6 Å². The van der Waals surface area contributed by atoms with Crippen molar-refractivity contribution in [1.82, 2.24) is 4.90 Å². The van der Waals surface area contributed by atoms with Crippen LogP contribution in [-0.2, 0) is 4.74 Å². The molecule has 2 aromatic carbocycles. The highest BCUT2D eigenvalue weighted by Gasteiger charge is 2.42. The van der Waals surface area contributed by atoms with Crippen LogP contribution in [0.15, 0.2) is 56.1 Å². The zero-order valence-electron chi connectivity index (χ0n) is 15.7. The highest BCUT2D eigenvalue weighted by molar-refractivity contribution is 9.10. The molecular formula is C22H20BrNO4. The lowest BCUT2D eigenvalue weighted by molar-refractivity contribution is 0.0708. The Balaban J connectivity index is 1.92. The Labute approximate surface area is 171 Å². The molecule has 1 atom stereocenters. The number of hydrogen-bond acceptors (Lipinski definition) is 4. The van der Waals surface area contributed by atoms with Crippen LogP contribution in [0, 0.1) is 6.92 Å². The minimum atomic E-state index is -0.464. The number of amides is 1. The number of nitrogens with zero attached hydrogens (tertiary/aromatic N) is 1. The van der Waals surface area contributed by atoms with Gasteiger partial charge in [-0.15, -0.1) is 0 Å². The molecule has 28 heavy (non-hydrogen) atoms. The zero-order valence-corrected chi connectivity index (χ0v) is 17.3. The van der Waals surface area contributed by atoms with Gasteiger partial charge in [0.1, 0.15) is 5.58 Å². The maximum Gasteiger partial charge on any atom is 0.290 e. The Bertz CT molecular complexity index is 1100. The van der Waals surface area contributed by atoms with Crippen LogP contribution in [-0.4, -0.2) is 31.1 Å². The molecule has 0 saturated carbocycles. The fraction of sp³-hybridized carbons (Fsp3) is 0.273. The van der Waals surface area contributed by atoms with Gasteiger partial charge < -0.3 is 14.1 Å². The van der Waals surface area contributed by atoms with E-state index in [1.54, 1.807) is 18.1 Å². The minimum Gasteiger partial charge on any atom is -0.450 e. The summed E-state index contributed by atoms with van der Waals surface area (Å²) in [6.07, 6.45) is 0.677. The summed E-state index contributed by atoms with van der Waals surface area (Å²) >= 11 is 3.44. The summed E-state index contributed by atoms with van der Waals surface area (Å²) in [5.74, 6) is -0.106. The smallest absolute Gasteiger partial charge is 0.290 e. The molecule has 1 aliphatic rings. The average Bonchev–Trinajstić information content (AvgIpc) is 2.96. The van der Waals surface area contributed by atoms with E-state index in [-0.39, 0.29) is 17.1 Å². The van der Waals surface area contributed by atoms with Gasteiger partial charge in [0.25, 0.3) is 5.91 Å². The van der Waals surface area contributed by atoms with Crippen molar-refractivity contribution in [3.8, 4) is 0 Å². The quantitative estimate of drug-likeness (QED) is 0.548. The van der Waals surface area contributed by atoms with Crippen molar-refractivity contribution in [1.29, 1.82) is 0 Å². The van der Waals surface area contributed by atoms with Crippen LogP contribution >= 0.6 is 15.9 Å². The molecular weight excluding hydrogens is 422 g/mol. The predicted octanol–water partition coefficient (Wildman–Crippen LogP) is 4.45. The molecule has 1 amide bonds. The number of carbonyl (C=O) groups is 1. The Morgan fingerprint density at radius 1 is 1.14 bits per heavy atom. The van der Waals surface area contributed by atoms with Crippen LogP contribution in [0.4, 0.5) is 0 Å². The third-order valence-electron chi connectivity index (χ3n) is 5.05. The third-order valence-corrected chi connectivity index (χ3v) is 5.58. The molecule has 144 valence electrons. The fourth-order valence-electron chi connectivity index (χ4n) is 3.74. The molecule has 0 saturated heterocycles. The number of hydrogen-bond donors (Lipinski definition) is 0. The first-order valence-electron chi connectivity index (χ1n) is 9.14. The second kappa shape index (κ2) is 7.53. The standard InChI is InChI=1S/C22H20BrNO4/c1-13-4-9-17-16(12-13)20(25)18-19(14-5-7-15(23)8-6-14)24(10-3-11-27-2)22(26)21(18)28-17/h4-9,12,19H,3,10-11H2,1-2H3. The van der Waals surface area contributed by atoms with Crippen molar-refractivity contribution in [2.45, 2.75) is 19.4 Å². The fourth-order valence-corrected chi connectivity index (χ4v) is 4.00. The third kappa shape index (κ3) is 3.16. The highest BCUT2D eigenvalue weighted by atomic mass is 79.9. The van der Waals surface area contributed by atoms with E-state index in [1.165, 1.54) is 0 Å². The Kier molecular flexibility index (Phi) is 5.08. The molecule has 0 fully saturated rings. The first-order chi connectivity index (χ1) is 13.5. The van der Waals surface area contributed by atoms with E-state index in [9.17, 15) is 9.59 Å². The molecule has 6 heteroatoms. The molecule has 4 rings (SSSR count). The van der Waals surface area contributed by atoms with E-state index in [0.717, 1.165) is 15.6 Å². The number of methoxy groups -OCH3 is 1. The number of halogens is 1. The van der Waals surface area contributed by atoms with Crippen LogP contribution < -0.4 is 5.43 Å². The summed E-state index contributed by atoms with van der Waals surface area (Å²) in [5.41, 5.74) is 2.57. The van der Waals surface area contributed by atoms with E-state index in [4.69, 9.17) is 9.15 Å². The second-order valence-electron chi connectivity index (χ2n) is 6.97. The van der Waals surface area contributed by atoms with E-state index >= 15 is 0 Å². The number of rotatable bonds is 5. The van der Waals surface area contributed by atoms with Crippen molar-refractivity contribution in [2.75, 3.05) is 20.3 Å². The van der Waals surface area contributed by atoms with Gasteiger partial charge in [0, 0.05) is 24.7 Å². The van der Waals surface area contributed by atoms with E-state index < -0.39 is 6.04 Å². The van der Waals surface area contributed by atoms with Crippen molar-refractivity contribution >= 4 is 32.8 Å². The summed E-state index contributed by atoms with van der Waals surface area (Å²) in [7, 11) is 1.63. The Morgan fingerprint density at radius 3 is 2.61 bits per heavy atom. The molecule has 1 aromatic heterocycles. The molecule has 0 bridgehead atoms. The summed E-state index contributed by atoms with van der Waals surface area (Å²) in [6, 6.07) is 12.7. The van der Waals surface area contributed by atoms with Gasteiger partial charge in [0.2, 0.25) is 5.76 Å². The Hall–Kier alpha value is -2.44. The number of carbonyl (C=O) groups excluding carboxylic acids is 1. The van der Waals surface area contributed by atoms with Crippen molar-refractivity contribution in [3.63, 3.8) is 0 Å². The van der Waals surface area contributed by atoms with Gasteiger partial charge in [-0.1, -0.05) is 39.7 Å². The van der Waals surface area contributed by atoms with Crippen molar-refractivity contribution in [2.24, 2.45) is 0 Å². The lowest BCUT2D eigenvalue weighted by Gasteiger charge is -2.25. The van der Waals surface area contributed by atoms with E-state index in [0.29, 0.717) is 36.1 Å². The number of fused-ring (bicyclic) bond motifs is 2. The molecule has 1 unspecified atom stereocenters. The summed E-state index contributed by atoms with van der Waals surface area (Å²) in [5, 5.41) is 0.507. The molecule has 1 aliphatic heterocycles. The van der Waals surface area contributed by atoms with Crippen LogP contribution in [0.2, 0.25) is 0 Å². The maximum atomic E-state index is 13.4. The van der Waals surface area contributed by atoms with Crippen LogP contribution in [0.25, 0.3) is 11.0 Å². The molecule has 0 aliphatic carbocycles. The van der Waals surface area contributed by atoms with Gasteiger partial charge in [0.15, 0.2) is 5.43 Å². The van der Waals surface area contributed by atoms with Crippen molar-refractivity contribution < 1.29 is 13.9 Å². The van der Waals surface area contributed by atoms with Crippen LogP contribution in [0.3, 0.4) is 0 Å². The minimum absolute atomic E-state index is 0.143. The largest absolute Gasteiger partial charge is 0.450 e. The topological polar surface area (TPSA) is 59.8 Å². The molecule has 2 heterocycles. The van der Waals surface area contributed by atoms with Gasteiger partial charge >= 0.3 is 0 Å². The lowest BCUT2D eigenvalue weighted by atomic mass is 9.98. The summed E-state index contributed by atoms with van der Waals surface area (Å²) in [4.78, 5) is 28.2. The summed E-state index contributed by atoms with van der Waals surface area (Å²) < 4.78 is 12.0. The van der Waals surface area contributed by atoms with E-state index in [1.807, 2.05) is 43.3 Å². The number of ether oxygens (including phenoxy) is 1. The maximum absolute atomic E-state index is 13.4. The van der Waals surface area contributed by atoms with E-state index in [2.05, 4.69) is 15.9 Å². The molecule has 0 radical (unpaired) electrons. The lowest BCUT2D eigenvalue weighted by Crippen LogP contribution is -2.31. The molecule has 0 spiro atoms. The predicted molar refractivity (Wildman–Crippen MR) is 111 cm³/mol. The molecule has 3 aromatic rings. The van der Waals surface area contributed by atoms with Gasteiger partial charge in [0.05, 0.1) is 17.0 Å². The average molecular weight is 442 g/mol. The van der Waals surface area contributed by atoms with Crippen LogP contribution in [0.1, 0.15) is 39.7 Å².